The molecule has 0 aliphatic rings. The summed E-state index contributed by atoms with van der Waals surface area (Å²) in [5.41, 5.74) is 3.30. The van der Waals surface area contributed by atoms with Gasteiger partial charge in [0.15, 0.2) is 0 Å². The molecule has 0 radical (unpaired) electrons. The predicted molar refractivity (Wildman–Crippen MR) is 72.0 cm³/mol. The Bertz CT molecular complexity index is 504. The Labute approximate surface area is 108 Å². The van der Waals surface area contributed by atoms with Gasteiger partial charge in [-0.3, -0.25) is 0 Å². The van der Waals surface area contributed by atoms with Crippen LogP contribution in [0.3, 0.4) is 0 Å². The molecule has 0 saturated heterocycles. The summed E-state index contributed by atoms with van der Waals surface area (Å²) in [5.74, 6) is 0. The molecule has 2 rings (SSSR count). The number of aliphatic hydroxyl groups excluding tert-OH is 1. The molecule has 1 atom stereocenters. The maximum atomic E-state index is 10.3. The molecule has 0 bridgehead atoms. The van der Waals surface area contributed by atoms with Crippen LogP contribution in [0.5, 0.6) is 0 Å². The summed E-state index contributed by atoms with van der Waals surface area (Å²) in [5, 5.41) is 12.3. The fourth-order valence-electron chi connectivity index (χ4n) is 1.68. The smallest absolute Gasteiger partial charge is 0.113 e. The van der Waals surface area contributed by atoms with Gasteiger partial charge in [-0.15, -0.1) is 11.3 Å². The summed E-state index contributed by atoms with van der Waals surface area (Å²) in [7, 11) is 0. The van der Waals surface area contributed by atoms with Crippen LogP contribution < -0.4 is 0 Å². The lowest BCUT2D eigenvalue weighted by atomic mass is 10.00. The first-order valence-corrected chi connectivity index (χ1v) is 6.74. The van der Waals surface area contributed by atoms with Crippen LogP contribution in [0.15, 0.2) is 34.1 Å². The standard InChI is InChI=1S/C13H13BrOS/c1-8-3-4-9(2)11(5-8)13(15)12-6-10(14)7-16-12/h3-7,13,15H,1-2H3. The minimum Gasteiger partial charge on any atom is -0.383 e. The third kappa shape index (κ3) is 2.37. The second-order valence-electron chi connectivity index (χ2n) is 3.93. The number of aliphatic hydroxyl groups is 1. The van der Waals surface area contributed by atoms with Gasteiger partial charge in [0.2, 0.25) is 0 Å². The van der Waals surface area contributed by atoms with Crippen LogP contribution in [0.25, 0.3) is 0 Å². The van der Waals surface area contributed by atoms with Crippen LogP contribution in [-0.4, -0.2) is 5.11 Å². The van der Waals surface area contributed by atoms with Crippen molar-refractivity contribution in [3.63, 3.8) is 0 Å². The Kier molecular flexibility index (Phi) is 3.47. The third-order valence-corrected chi connectivity index (χ3v) is 4.33. The van der Waals surface area contributed by atoms with Gasteiger partial charge < -0.3 is 5.11 Å². The molecular formula is C13H13BrOS. The molecule has 2 aromatic rings. The van der Waals surface area contributed by atoms with Gasteiger partial charge in [0.25, 0.3) is 0 Å². The van der Waals surface area contributed by atoms with Crippen molar-refractivity contribution in [1.82, 2.24) is 0 Å². The number of rotatable bonds is 2. The average Bonchev–Trinajstić information content (AvgIpc) is 2.67. The lowest BCUT2D eigenvalue weighted by Crippen LogP contribution is -2.00. The van der Waals surface area contributed by atoms with Crippen molar-refractivity contribution >= 4 is 27.3 Å². The highest BCUT2D eigenvalue weighted by molar-refractivity contribution is 9.10. The maximum absolute atomic E-state index is 10.3. The van der Waals surface area contributed by atoms with Gasteiger partial charge in [0, 0.05) is 14.7 Å². The van der Waals surface area contributed by atoms with Crippen molar-refractivity contribution in [2.45, 2.75) is 20.0 Å². The van der Waals surface area contributed by atoms with E-state index in [0.29, 0.717) is 0 Å². The summed E-state index contributed by atoms with van der Waals surface area (Å²) >= 11 is 4.98. The van der Waals surface area contributed by atoms with Crippen LogP contribution in [0.2, 0.25) is 0 Å². The number of halogens is 1. The largest absolute Gasteiger partial charge is 0.383 e. The summed E-state index contributed by atoms with van der Waals surface area (Å²) in [4.78, 5) is 0.973. The third-order valence-electron chi connectivity index (χ3n) is 2.59. The summed E-state index contributed by atoms with van der Waals surface area (Å²) in [6, 6.07) is 8.14. The molecule has 1 heterocycles. The first-order chi connectivity index (χ1) is 7.58. The SMILES string of the molecule is Cc1ccc(C)c(C(O)c2cc(Br)cs2)c1. The van der Waals surface area contributed by atoms with Crippen molar-refractivity contribution in [3.8, 4) is 0 Å². The van der Waals surface area contributed by atoms with Gasteiger partial charge in [-0.2, -0.15) is 0 Å². The summed E-state index contributed by atoms with van der Waals surface area (Å²) in [6.07, 6.45) is -0.517. The highest BCUT2D eigenvalue weighted by atomic mass is 79.9. The van der Waals surface area contributed by atoms with E-state index in [0.717, 1.165) is 20.5 Å². The van der Waals surface area contributed by atoms with E-state index in [1.165, 1.54) is 5.56 Å². The van der Waals surface area contributed by atoms with E-state index < -0.39 is 6.10 Å². The van der Waals surface area contributed by atoms with Gasteiger partial charge >= 0.3 is 0 Å². The van der Waals surface area contributed by atoms with E-state index in [2.05, 4.69) is 28.1 Å². The molecule has 3 heteroatoms. The molecule has 0 saturated carbocycles. The molecule has 0 fully saturated rings. The molecule has 0 spiro atoms. The molecular weight excluding hydrogens is 284 g/mol. The van der Waals surface area contributed by atoms with Crippen LogP contribution in [0.1, 0.15) is 27.7 Å². The van der Waals surface area contributed by atoms with Crippen molar-refractivity contribution in [3.05, 3.63) is 55.7 Å². The van der Waals surface area contributed by atoms with E-state index in [1.54, 1.807) is 11.3 Å². The summed E-state index contributed by atoms with van der Waals surface area (Å²) in [6.45, 7) is 4.07. The second kappa shape index (κ2) is 4.70. The van der Waals surface area contributed by atoms with E-state index in [-0.39, 0.29) is 0 Å². The van der Waals surface area contributed by atoms with E-state index in [1.807, 2.05) is 31.4 Å². The normalized spacial score (nSPS) is 12.8. The van der Waals surface area contributed by atoms with Crippen molar-refractivity contribution < 1.29 is 5.11 Å². The summed E-state index contributed by atoms with van der Waals surface area (Å²) < 4.78 is 1.02. The molecule has 1 nitrogen and oxygen atoms in total. The quantitative estimate of drug-likeness (QED) is 0.880. The van der Waals surface area contributed by atoms with E-state index in [4.69, 9.17) is 0 Å². The number of hydrogen-bond acceptors (Lipinski definition) is 2. The highest BCUT2D eigenvalue weighted by Gasteiger charge is 2.14. The highest BCUT2D eigenvalue weighted by Crippen LogP contribution is 2.31. The van der Waals surface area contributed by atoms with E-state index in [9.17, 15) is 5.11 Å². The van der Waals surface area contributed by atoms with Crippen LogP contribution >= 0.6 is 27.3 Å². The number of aryl methyl sites for hydroxylation is 2. The first-order valence-electron chi connectivity index (χ1n) is 5.07. The zero-order valence-electron chi connectivity index (χ0n) is 9.20. The minimum atomic E-state index is -0.517. The van der Waals surface area contributed by atoms with Crippen molar-refractivity contribution in [2.75, 3.05) is 0 Å². The molecule has 0 aliphatic carbocycles. The number of hydrogen-bond donors (Lipinski definition) is 1. The second-order valence-corrected chi connectivity index (χ2v) is 5.79. The monoisotopic (exact) mass is 296 g/mol. The molecule has 1 unspecified atom stereocenters. The van der Waals surface area contributed by atoms with Gasteiger partial charge in [-0.25, -0.2) is 0 Å². The maximum Gasteiger partial charge on any atom is 0.113 e. The molecule has 84 valence electrons. The zero-order valence-corrected chi connectivity index (χ0v) is 11.6. The lowest BCUT2D eigenvalue weighted by molar-refractivity contribution is 0.223. The Hall–Kier alpha value is -0.640. The molecule has 1 aromatic carbocycles. The lowest BCUT2D eigenvalue weighted by Gasteiger charge is -2.12. The van der Waals surface area contributed by atoms with Gasteiger partial charge in [0.05, 0.1) is 0 Å². The number of thiophene rings is 1. The zero-order chi connectivity index (χ0) is 11.7. The van der Waals surface area contributed by atoms with Crippen LogP contribution in [0.4, 0.5) is 0 Å². The minimum absolute atomic E-state index is 0.517. The molecule has 1 N–H and O–H groups in total. The fourth-order valence-corrected chi connectivity index (χ4v) is 3.13. The van der Waals surface area contributed by atoms with Gasteiger partial charge in [0.1, 0.15) is 6.10 Å². The van der Waals surface area contributed by atoms with Gasteiger partial charge in [-0.05, 0) is 47.0 Å². The van der Waals surface area contributed by atoms with Crippen molar-refractivity contribution in [1.29, 1.82) is 0 Å². The van der Waals surface area contributed by atoms with Crippen molar-refractivity contribution in [2.24, 2.45) is 0 Å². The Morgan fingerprint density at radius 1 is 1.25 bits per heavy atom. The first kappa shape index (κ1) is 11.8. The Morgan fingerprint density at radius 2 is 2.00 bits per heavy atom. The predicted octanol–water partition coefficient (Wildman–Crippen LogP) is 4.21. The van der Waals surface area contributed by atoms with Gasteiger partial charge in [-0.1, -0.05) is 23.8 Å². The van der Waals surface area contributed by atoms with Crippen LogP contribution in [-0.2, 0) is 0 Å². The molecule has 0 amide bonds. The fraction of sp³-hybridized carbons (Fsp3) is 0.231. The Morgan fingerprint density at radius 3 is 2.62 bits per heavy atom. The van der Waals surface area contributed by atoms with E-state index >= 15 is 0 Å². The van der Waals surface area contributed by atoms with Crippen LogP contribution in [0, 0.1) is 13.8 Å². The molecule has 1 aromatic heterocycles. The number of benzene rings is 1. The molecule has 16 heavy (non-hydrogen) atoms. The topological polar surface area (TPSA) is 20.2 Å². The Balaban J connectivity index is 2.40. The average molecular weight is 297 g/mol. The molecule has 0 aliphatic heterocycles.